The molecule has 0 radical (unpaired) electrons. The Labute approximate surface area is 193 Å². The van der Waals surface area contributed by atoms with E-state index in [9.17, 15) is 17.6 Å². The predicted molar refractivity (Wildman–Crippen MR) is 125 cm³/mol. The first-order valence-corrected chi connectivity index (χ1v) is 12.4. The van der Waals surface area contributed by atoms with Gasteiger partial charge in [0.15, 0.2) is 15.0 Å². The molecule has 9 heteroatoms. The Balaban J connectivity index is 1.75. The van der Waals surface area contributed by atoms with Crippen molar-refractivity contribution in [1.29, 1.82) is 0 Å². The molecule has 4 aromatic rings. The van der Waals surface area contributed by atoms with Gasteiger partial charge in [-0.1, -0.05) is 41.1 Å². The molecule has 32 heavy (non-hydrogen) atoms. The van der Waals surface area contributed by atoms with Crippen molar-refractivity contribution >= 4 is 43.8 Å². The van der Waals surface area contributed by atoms with Crippen LogP contribution in [-0.2, 0) is 9.84 Å². The van der Waals surface area contributed by atoms with Crippen LogP contribution in [0, 0.1) is 5.82 Å². The molecule has 1 aromatic heterocycles. The summed E-state index contributed by atoms with van der Waals surface area (Å²) < 4.78 is 37.0. The van der Waals surface area contributed by atoms with Crippen LogP contribution in [0.25, 0.3) is 21.7 Å². The smallest absolute Gasteiger partial charge is 0.257 e. The third-order valence-electron chi connectivity index (χ3n) is 4.60. The molecule has 1 heterocycles. The molecule has 0 saturated heterocycles. The van der Waals surface area contributed by atoms with E-state index in [-0.39, 0.29) is 16.6 Å². The standard InChI is InChI=1S/C23H16ClFN2O3S2/c1-32(29,30)19-11-7-15(8-12-19)21-20(14-5-9-18(25)10-6-14)26-23(31-21)27-22(28)16-3-2-4-17(24)13-16/h2-13H,1H3,(H,26,27,28). The molecule has 0 aliphatic carbocycles. The van der Waals surface area contributed by atoms with Gasteiger partial charge in [-0.15, -0.1) is 0 Å². The van der Waals surface area contributed by atoms with Gasteiger partial charge >= 0.3 is 0 Å². The highest BCUT2D eigenvalue weighted by molar-refractivity contribution is 7.90. The normalized spacial score (nSPS) is 11.3. The van der Waals surface area contributed by atoms with E-state index in [1.807, 2.05) is 0 Å². The van der Waals surface area contributed by atoms with E-state index in [4.69, 9.17) is 11.6 Å². The summed E-state index contributed by atoms with van der Waals surface area (Å²) in [5.74, 6) is -0.747. The fourth-order valence-electron chi connectivity index (χ4n) is 3.03. The van der Waals surface area contributed by atoms with E-state index < -0.39 is 9.84 Å². The van der Waals surface area contributed by atoms with Gasteiger partial charge in [0.05, 0.1) is 15.5 Å². The zero-order chi connectivity index (χ0) is 22.9. The Kier molecular flexibility index (Phi) is 6.10. The first-order valence-electron chi connectivity index (χ1n) is 9.35. The lowest BCUT2D eigenvalue weighted by Gasteiger charge is -2.04. The van der Waals surface area contributed by atoms with Crippen molar-refractivity contribution in [1.82, 2.24) is 4.98 Å². The van der Waals surface area contributed by atoms with Gasteiger partial charge in [0.2, 0.25) is 0 Å². The van der Waals surface area contributed by atoms with Gasteiger partial charge in [0.25, 0.3) is 5.91 Å². The van der Waals surface area contributed by atoms with Crippen molar-refractivity contribution in [2.24, 2.45) is 0 Å². The van der Waals surface area contributed by atoms with E-state index in [2.05, 4.69) is 10.3 Å². The molecular formula is C23H16ClFN2O3S2. The second-order valence-corrected chi connectivity index (χ2v) is 10.4. The minimum Gasteiger partial charge on any atom is -0.298 e. The number of benzene rings is 3. The topological polar surface area (TPSA) is 76.1 Å². The Hall–Kier alpha value is -3.07. The van der Waals surface area contributed by atoms with Gasteiger partial charge in [-0.25, -0.2) is 17.8 Å². The number of sulfone groups is 1. The molecule has 1 N–H and O–H groups in total. The van der Waals surface area contributed by atoms with Crippen molar-refractivity contribution in [2.45, 2.75) is 4.90 Å². The fourth-order valence-corrected chi connectivity index (χ4v) is 4.83. The molecule has 0 saturated carbocycles. The second-order valence-electron chi connectivity index (χ2n) is 6.96. The van der Waals surface area contributed by atoms with Crippen LogP contribution in [-0.4, -0.2) is 25.6 Å². The molecule has 0 spiro atoms. The minimum absolute atomic E-state index is 0.198. The summed E-state index contributed by atoms with van der Waals surface area (Å²) in [7, 11) is -3.34. The number of nitrogens with one attached hydrogen (secondary N) is 1. The lowest BCUT2D eigenvalue weighted by Crippen LogP contribution is -2.11. The number of thiazole rings is 1. The number of carbonyl (C=O) groups excluding carboxylic acids is 1. The van der Waals surface area contributed by atoms with Gasteiger partial charge in [0, 0.05) is 22.4 Å². The quantitative estimate of drug-likeness (QED) is 0.379. The van der Waals surface area contributed by atoms with E-state index in [1.165, 1.54) is 35.6 Å². The van der Waals surface area contributed by atoms with Crippen molar-refractivity contribution in [3.05, 3.63) is 89.2 Å². The maximum atomic E-state index is 13.4. The van der Waals surface area contributed by atoms with Crippen molar-refractivity contribution < 1.29 is 17.6 Å². The number of aromatic nitrogens is 1. The van der Waals surface area contributed by atoms with Gasteiger partial charge in [-0.05, 0) is 60.2 Å². The fraction of sp³-hybridized carbons (Fsp3) is 0.0435. The summed E-state index contributed by atoms with van der Waals surface area (Å²) in [5, 5.41) is 3.56. The summed E-state index contributed by atoms with van der Waals surface area (Å²) in [6, 6.07) is 18.8. The van der Waals surface area contributed by atoms with Gasteiger partial charge in [-0.2, -0.15) is 0 Å². The minimum atomic E-state index is -3.34. The zero-order valence-corrected chi connectivity index (χ0v) is 19.1. The number of hydrogen-bond acceptors (Lipinski definition) is 5. The zero-order valence-electron chi connectivity index (χ0n) is 16.7. The van der Waals surface area contributed by atoms with Crippen molar-refractivity contribution in [2.75, 3.05) is 11.6 Å². The van der Waals surface area contributed by atoms with Crippen LogP contribution in [0.3, 0.4) is 0 Å². The Morgan fingerprint density at radius 2 is 1.66 bits per heavy atom. The maximum absolute atomic E-state index is 13.4. The molecule has 0 unspecified atom stereocenters. The molecule has 1 amide bonds. The molecule has 3 aromatic carbocycles. The highest BCUT2D eigenvalue weighted by Gasteiger charge is 2.18. The number of anilines is 1. The third kappa shape index (κ3) is 4.88. The number of halogens is 2. The summed E-state index contributed by atoms with van der Waals surface area (Å²) in [5.41, 5.74) is 2.31. The average Bonchev–Trinajstić information content (AvgIpc) is 3.17. The van der Waals surface area contributed by atoms with Crippen LogP contribution in [0.15, 0.2) is 77.7 Å². The van der Waals surface area contributed by atoms with Crippen molar-refractivity contribution in [3.8, 4) is 21.7 Å². The second kappa shape index (κ2) is 8.82. The average molecular weight is 487 g/mol. The monoisotopic (exact) mass is 486 g/mol. The molecular weight excluding hydrogens is 471 g/mol. The molecule has 5 nitrogen and oxygen atoms in total. The summed E-state index contributed by atoms with van der Waals surface area (Å²) in [6.45, 7) is 0. The van der Waals surface area contributed by atoms with Crippen LogP contribution in [0.1, 0.15) is 10.4 Å². The summed E-state index contributed by atoms with van der Waals surface area (Å²) in [4.78, 5) is 18.1. The molecule has 4 rings (SSSR count). The Morgan fingerprint density at radius 3 is 2.28 bits per heavy atom. The van der Waals surface area contributed by atoms with E-state index >= 15 is 0 Å². The lowest BCUT2D eigenvalue weighted by molar-refractivity contribution is 0.102. The predicted octanol–water partition coefficient (Wildman–Crippen LogP) is 5.93. The highest BCUT2D eigenvalue weighted by atomic mass is 35.5. The van der Waals surface area contributed by atoms with E-state index in [0.717, 1.165) is 11.8 Å². The number of hydrogen-bond donors (Lipinski definition) is 1. The number of nitrogens with zero attached hydrogens (tertiary/aromatic N) is 1. The van der Waals surface area contributed by atoms with Crippen LogP contribution in [0.2, 0.25) is 5.02 Å². The largest absolute Gasteiger partial charge is 0.298 e. The molecule has 0 fully saturated rings. The number of carbonyl (C=O) groups is 1. The summed E-state index contributed by atoms with van der Waals surface area (Å²) >= 11 is 7.21. The third-order valence-corrected chi connectivity index (χ3v) is 6.98. The van der Waals surface area contributed by atoms with E-state index in [0.29, 0.717) is 31.9 Å². The highest BCUT2D eigenvalue weighted by Crippen LogP contribution is 2.39. The molecule has 0 bridgehead atoms. The van der Waals surface area contributed by atoms with Crippen LogP contribution >= 0.6 is 22.9 Å². The maximum Gasteiger partial charge on any atom is 0.257 e. The molecule has 0 aliphatic heterocycles. The Morgan fingerprint density at radius 1 is 1.00 bits per heavy atom. The molecule has 0 aliphatic rings. The number of rotatable bonds is 5. The van der Waals surface area contributed by atoms with Gasteiger partial charge in [-0.3, -0.25) is 10.1 Å². The van der Waals surface area contributed by atoms with Gasteiger partial charge < -0.3 is 0 Å². The van der Waals surface area contributed by atoms with Gasteiger partial charge in [0.1, 0.15) is 5.82 Å². The molecule has 0 atom stereocenters. The first kappa shape index (κ1) is 22.1. The van der Waals surface area contributed by atoms with Crippen LogP contribution in [0.5, 0.6) is 0 Å². The SMILES string of the molecule is CS(=O)(=O)c1ccc(-c2sc(NC(=O)c3cccc(Cl)c3)nc2-c2ccc(F)cc2)cc1. The van der Waals surface area contributed by atoms with E-state index in [1.54, 1.807) is 48.5 Å². The van der Waals surface area contributed by atoms with Crippen molar-refractivity contribution in [3.63, 3.8) is 0 Å². The van der Waals surface area contributed by atoms with Crippen LogP contribution in [0.4, 0.5) is 9.52 Å². The lowest BCUT2D eigenvalue weighted by atomic mass is 10.1. The molecule has 162 valence electrons. The number of amides is 1. The first-order chi connectivity index (χ1) is 15.2. The van der Waals surface area contributed by atoms with Crippen LogP contribution < -0.4 is 5.32 Å². The Bertz CT molecular complexity index is 1400. The summed E-state index contributed by atoms with van der Waals surface area (Å²) in [6.07, 6.45) is 1.14.